The van der Waals surface area contributed by atoms with E-state index in [1.165, 1.54) is 6.92 Å². The Morgan fingerprint density at radius 1 is 1.36 bits per heavy atom. The van der Waals surface area contributed by atoms with Gasteiger partial charge in [-0.15, -0.1) is 0 Å². The molecular formula is C6H14NO6P. The molecule has 84 valence electrons. The summed E-state index contributed by atoms with van der Waals surface area (Å²) < 4.78 is 24.2. The van der Waals surface area contributed by atoms with Gasteiger partial charge in [0, 0.05) is 13.5 Å². The van der Waals surface area contributed by atoms with E-state index in [0.29, 0.717) is 0 Å². The highest BCUT2D eigenvalue weighted by Gasteiger charge is 2.19. The summed E-state index contributed by atoms with van der Waals surface area (Å²) in [6.45, 7) is 0.993. The summed E-state index contributed by atoms with van der Waals surface area (Å²) in [7, 11) is -4.04. The number of rotatable bonds is 7. The van der Waals surface area contributed by atoms with E-state index < -0.39 is 13.8 Å². The maximum absolute atomic E-state index is 10.9. The van der Waals surface area contributed by atoms with E-state index in [1.54, 1.807) is 0 Å². The van der Waals surface area contributed by atoms with Gasteiger partial charge >= 0.3 is 13.8 Å². The van der Waals surface area contributed by atoms with Crippen molar-refractivity contribution in [2.75, 3.05) is 26.4 Å². The van der Waals surface area contributed by atoms with E-state index in [0.717, 1.165) is 0 Å². The fourth-order valence-electron chi connectivity index (χ4n) is 0.543. The lowest BCUT2D eigenvalue weighted by Crippen LogP contribution is -2.10. The third-order valence-corrected chi connectivity index (χ3v) is 2.03. The van der Waals surface area contributed by atoms with Crippen LogP contribution in [0.3, 0.4) is 0 Å². The maximum atomic E-state index is 10.9. The molecule has 0 amide bonds. The first-order chi connectivity index (χ1) is 6.48. The van der Waals surface area contributed by atoms with E-state index >= 15 is 0 Å². The molecule has 1 atom stereocenters. The van der Waals surface area contributed by atoms with Gasteiger partial charge in [0.05, 0.1) is 13.2 Å². The van der Waals surface area contributed by atoms with E-state index in [-0.39, 0.29) is 26.4 Å². The summed E-state index contributed by atoms with van der Waals surface area (Å²) in [4.78, 5) is 19.2. The predicted molar refractivity (Wildman–Crippen MR) is 47.4 cm³/mol. The van der Waals surface area contributed by atoms with Crippen molar-refractivity contribution in [3.05, 3.63) is 0 Å². The number of phosphoric ester groups is 1. The van der Waals surface area contributed by atoms with Crippen LogP contribution in [0, 0.1) is 0 Å². The molecule has 0 aliphatic carbocycles. The van der Waals surface area contributed by atoms with Crippen LogP contribution in [0.4, 0.5) is 0 Å². The summed E-state index contributed by atoms with van der Waals surface area (Å²) in [5, 5.41) is 0. The van der Waals surface area contributed by atoms with Crippen molar-refractivity contribution in [3.8, 4) is 0 Å². The van der Waals surface area contributed by atoms with Crippen LogP contribution in [0.15, 0.2) is 0 Å². The molecule has 0 bridgehead atoms. The Kier molecular flexibility index (Phi) is 6.69. The first-order valence-electron chi connectivity index (χ1n) is 3.93. The van der Waals surface area contributed by atoms with Gasteiger partial charge in [0.15, 0.2) is 0 Å². The largest absolute Gasteiger partial charge is 0.472 e. The molecule has 0 aromatic rings. The third kappa shape index (κ3) is 8.15. The summed E-state index contributed by atoms with van der Waals surface area (Å²) in [6, 6.07) is 0. The minimum absolute atomic E-state index is 0.0681. The van der Waals surface area contributed by atoms with Crippen LogP contribution in [0.5, 0.6) is 0 Å². The molecule has 0 heterocycles. The van der Waals surface area contributed by atoms with E-state index in [1.807, 2.05) is 0 Å². The van der Waals surface area contributed by atoms with Gasteiger partial charge in [-0.25, -0.2) is 4.57 Å². The molecule has 0 rings (SSSR count). The molecule has 0 saturated heterocycles. The summed E-state index contributed by atoms with van der Waals surface area (Å²) in [6.07, 6.45) is 0. The third-order valence-electron chi connectivity index (χ3n) is 1.02. The number of carbonyl (C=O) groups is 1. The first-order valence-corrected chi connectivity index (χ1v) is 5.43. The van der Waals surface area contributed by atoms with Gasteiger partial charge in [0.1, 0.15) is 6.61 Å². The van der Waals surface area contributed by atoms with Crippen LogP contribution in [-0.4, -0.2) is 37.2 Å². The summed E-state index contributed by atoms with van der Waals surface area (Å²) in [5.74, 6) is -0.482. The number of phosphoric acid groups is 1. The first kappa shape index (κ1) is 13.5. The Balaban J connectivity index is 3.55. The molecule has 3 N–H and O–H groups in total. The van der Waals surface area contributed by atoms with Crippen molar-refractivity contribution >= 4 is 13.8 Å². The number of ether oxygens (including phenoxy) is 1. The molecule has 0 radical (unpaired) electrons. The van der Waals surface area contributed by atoms with Crippen LogP contribution in [0.1, 0.15) is 6.92 Å². The van der Waals surface area contributed by atoms with Crippen molar-refractivity contribution in [1.82, 2.24) is 0 Å². The molecule has 0 aliphatic heterocycles. The molecule has 14 heavy (non-hydrogen) atoms. The second-order valence-corrected chi connectivity index (χ2v) is 3.72. The molecule has 0 aromatic carbocycles. The van der Waals surface area contributed by atoms with Crippen LogP contribution in [0.2, 0.25) is 0 Å². The van der Waals surface area contributed by atoms with Crippen LogP contribution in [0.25, 0.3) is 0 Å². The lowest BCUT2D eigenvalue weighted by molar-refractivity contribution is -0.141. The number of hydrogen-bond acceptors (Lipinski definition) is 6. The van der Waals surface area contributed by atoms with Crippen LogP contribution in [-0.2, 0) is 23.1 Å². The molecule has 0 aromatic heterocycles. The number of esters is 1. The minimum Gasteiger partial charge on any atom is -0.463 e. The fraction of sp³-hybridized carbons (Fsp3) is 0.833. The van der Waals surface area contributed by atoms with Crippen molar-refractivity contribution in [2.45, 2.75) is 6.92 Å². The molecule has 0 saturated carbocycles. The summed E-state index contributed by atoms with van der Waals surface area (Å²) >= 11 is 0. The van der Waals surface area contributed by atoms with Gasteiger partial charge < -0.3 is 15.4 Å². The van der Waals surface area contributed by atoms with Crippen molar-refractivity contribution in [3.63, 3.8) is 0 Å². The average molecular weight is 227 g/mol. The SMILES string of the molecule is CC(=O)OCCOP(=O)(O)OCCN. The highest BCUT2D eigenvalue weighted by atomic mass is 31.2. The molecule has 0 fully saturated rings. The molecular weight excluding hydrogens is 213 g/mol. The Labute approximate surface area is 81.7 Å². The smallest absolute Gasteiger partial charge is 0.463 e. The zero-order valence-electron chi connectivity index (χ0n) is 7.84. The lowest BCUT2D eigenvalue weighted by atomic mass is 10.7. The van der Waals surface area contributed by atoms with Crippen LogP contribution >= 0.6 is 7.82 Å². The van der Waals surface area contributed by atoms with Gasteiger partial charge in [-0.3, -0.25) is 13.8 Å². The average Bonchev–Trinajstić information content (AvgIpc) is 2.09. The predicted octanol–water partition coefficient (Wildman–Crippen LogP) is -0.358. The highest BCUT2D eigenvalue weighted by Crippen LogP contribution is 2.42. The Morgan fingerprint density at radius 2 is 1.93 bits per heavy atom. The van der Waals surface area contributed by atoms with E-state index in [2.05, 4.69) is 13.8 Å². The lowest BCUT2D eigenvalue weighted by Gasteiger charge is -2.10. The molecule has 1 unspecified atom stereocenters. The fourth-order valence-corrected chi connectivity index (χ4v) is 1.26. The number of carbonyl (C=O) groups excluding carboxylic acids is 1. The van der Waals surface area contributed by atoms with Gasteiger partial charge in [0.2, 0.25) is 0 Å². The Hall–Kier alpha value is -0.460. The van der Waals surface area contributed by atoms with Gasteiger partial charge in [-0.05, 0) is 0 Å². The number of hydrogen-bond donors (Lipinski definition) is 2. The van der Waals surface area contributed by atoms with Crippen molar-refractivity contribution in [2.24, 2.45) is 5.73 Å². The molecule has 0 spiro atoms. The van der Waals surface area contributed by atoms with Crippen molar-refractivity contribution < 1.29 is 28.0 Å². The van der Waals surface area contributed by atoms with Crippen LogP contribution < -0.4 is 5.73 Å². The maximum Gasteiger partial charge on any atom is 0.472 e. The second-order valence-electron chi connectivity index (χ2n) is 2.26. The zero-order valence-corrected chi connectivity index (χ0v) is 8.74. The topological polar surface area (TPSA) is 108 Å². The molecule has 7 nitrogen and oxygen atoms in total. The normalized spacial score (nSPS) is 14.8. The quantitative estimate of drug-likeness (QED) is 0.347. The standard InChI is InChI=1S/C6H14NO6P/c1-6(8)11-4-5-13-14(9,10)12-3-2-7/h2-5,7H2,1H3,(H,9,10). The van der Waals surface area contributed by atoms with Gasteiger partial charge in [-0.2, -0.15) is 0 Å². The van der Waals surface area contributed by atoms with E-state index in [9.17, 15) is 9.36 Å². The van der Waals surface area contributed by atoms with E-state index in [4.69, 9.17) is 10.6 Å². The summed E-state index contributed by atoms with van der Waals surface area (Å²) in [5.41, 5.74) is 5.05. The molecule has 8 heteroatoms. The highest BCUT2D eigenvalue weighted by molar-refractivity contribution is 7.47. The van der Waals surface area contributed by atoms with Crippen molar-refractivity contribution in [1.29, 1.82) is 0 Å². The Morgan fingerprint density at radius 3 is 2.43 bits per heavy atom. The van der Waals surface area contributed by atoms with Gasteiger partial charge in [0.25, 0.3) is 0 Å². The zero-order chi connectivity index (χ0) is 11.0. The number of nitrogens with two attached hydrogens (primary N) is 1. The molecule has 0 aliphatic rings. The van der Waals surface area contributed by atoms with Gasteiger partial charge in [-0.1, -0.05) is 0 Å². The Bertz CT molecular complexity index is 220. The second kappa shape index (κ2) is 6.92. The minimum atomic E-state index is -4.04. The monoisotopic (exact) mass is 227 g/mol.